The van der Waals surface area contributed by atoms with Gasteiger partial charge in [-0.2, -0.15) is 10.1 Å². The van der Waals surface area contributed by atoms with Gasteiger partial charge in [0.05, 0.1) is 6.21 Å². The Hall–Kier alpha value is -2.64. The Bertz CT molecular complexity index is 663. The van der Waals surface area contributed by atoms with Gasteiger partial charge < -0.3 is 0 Å². The Morgan fingerprint density at radius 1 is 1.45 bits per heavy atom. The Kier molecular flexibility index (Phi) is 2.97. The number of nitrogens with zero attached hydrogens (tertiary/aromatic N) is 6. The average molecular weight is 273 g/mol. The highest BCUT2D eigenvalue weighted by Crippen LogP contribution is 2.26. The summed E-state index contributed by atoms with van der Waals surface area (Å²) in [5.74, 6) is 0.412. The monoisotopic (exact) mass is 273 g/mol. The minimum atomic E-state index is -0.891. The summed E-state index contributed by atoms with van der Waals surface area (Å²) in [6, 6.07) is 2.59. The molecule has 2 atom stereocenters. The van der Waals surface area contributed by atoms with Gasteiger partial charge in [-0.25, -0.2) is 14.2 Å². The minimum Gasteiger partial charge on any atom is -0.264 e. The topological polar surface area (TPSA) is 90.1 Å². The SMILES string of the molecule is C[n+]1ccc(C[C@H]2[C@@H]([N+](=O)[O-])C=Nc3ncnn32)cc1. The van der Waals surface area contributed by atoms with Crippen LogP contribution in [0.25, 0.3) is 0 Å². The first-order valence-corrected chi connectivity index (χ1v) is 6.16. The van der Waals surface area contributed by atoms with Crippen LogP contribution in [0.2, 0.25) is 0 Å². The van der Waals surface area contributed by atoms with Crippen molar-refractivity contribution in [1.82, 2.24) is 14.8 Å². The third-order valence-corrected chi connectivity index (χ3v) is 3.34. The van der Waals surface area contributed by atoms with E-state index in [0.717, 1.165) is 5.56 Å². The number of aryl methyl sites for hydroxylation is 1. The number of nitro groups is 1. The lowest BCUT2D eigenvalue weighted by Crippen LogP contribution is -2.37. The van der Waals surface area contributed by atoms with E-state index in [-0.39, 0.29) is 4.92 Å². The summed E-state index contributed by atoms with van der Waals surface area (Å²) in [7, 11) is 1.92. The number of aliphatic imine (C=N–C) groups is 1. The van der Waals surface area contributed by atoms with Crippen LogP contribution >= 0.6 is 0 Å². The van der Waals surface area contributed by atoms with Gasteiger partial charge in [0, 0.05) is 23.5 Å². The summed E-state index contributed by atoms with van der Waals surface area (Å²) >= 11 is 0. The van der Waals surface area contributed by atoms with Crippen LogP contribution < -0.4 is 4.57 Å². The van der Waals surface area contributed by atoms with Gasteiger partial charge in [0.15, 0.2) is 12.4 Å². The van der Waals surface area contributed by atoms with E-state index in [9.17, 15) is 10.1 Å². The van der Waals surface area contributed by atoms with E-state index in [2.05, 4.69) is 15.1 Å². The minimum absolute atomic E-state index is 0.332. The van der Waals surface area contributed by atoms with E-state index in [0.29, 0.717) is 12.4 Å². The fourth-order valence-electron chi connectivity index (χ4n) is 2.27. The summed E-state index contributed by atoms with van der Waals surface area (Å²) in [5, 5.41) is 15.3. The van der Waals surface area contributed by atoms with Crippen molar-refractivity contribution in [3.63, 3.8) is 0 Å². The van der Waals surface area contributed by atoms with Crippen LogP contribution in [-0.4, -0.2) is 31.9 Å². The summed E-state index contributed by atoms with van der Waals surface area (Å²) < 4.78 is 3.44. The molecule has 2 aromatic rings. The molecule has 1 aliphatic rings. The maximum atomic E-state index is 11.2. The highest BCUT2D eigenvalue weighted by Gasteiger charge is 2.36. The maximum Gasteiger partial charge on any atom is 0.270 e. The summed E-state index contributed by atoms with van der Waals surface area (Å²) in [4.78, 5) is 18.8. The van der Waals surface area contributed by atoms with Gasteiger partial charge in [-0.15, -0.1) is 0 Å². The van der Waals surface area contributed by atoms with Crippen LogP contribution in [0.1, 0.15) is 11.6 Å². The molecule has 0 fully saturated rings. The number of pyridine rings is 1. The number of fused-ring (bicyclic) bond motifs is 1. The molecule has 8 nitrogen and oxygen atoms in total. The zero-order valence-corrected chi connectivity index (χ0v) is 10.8. The van der Waals surface area contributed by atoms with Crippen molar-refractivity contribution in [3.8, 4) is 0 Å². The first-order chi connectivity index (χ1) is 9.65. The molecule has 0 saturated carbocycles. The van der Waals surface area contributed by atoms with Gasteiger partial charge in [0.2, 0.25) is 5.95 Å². The Labute approximate surface area is 114 Å². The first-order valence-electron chi connectivity index (χ1n) is 6.16. The van der Waals surface area contributed by atoms with Gasteiger partial charge in [-0.1, -0.05) is 0 Å². The first kappa shape index (κ1) is 12.4. The molecule has 8 heteroatoms. The van der Waals surface area contributed by atoms with E-state index in [1.165, 1.54) is 17.2 Å². The molecule has 0 N–H and O–H groups in total. The molecule has 0 spiro atoms. The van der Waals surface area contributed by atoms with Crippen molar-refractivity contribution in [2.24, 2.45) is 12.0 Å². The maximum absolute atomic E-state index is 11.2. The molecule has 102 valence electrons. The molecular formula is C12H13N6O2+. The Morgan fingerprint density at radius 2 is 2.20 bits per heavy atom. The van der Waals surface area contributed by atoms with Crippen molar-refractivity contribution in [2.75, 3.05) is 0 Å². The molecule has 2 aromatic heterocycles. The van der Waals surface area contributed by atoms with Crippen LogP contribution in [-0.2, 0) is 13.5 Å². The second kappa shape index (κ2) is 4.80. The van der Waals surface area contributed by atoms with Crippen LogP contribution in [0.15, 0.2) is 35.8 Å². The Morgan fingerprint density at radius 3 is 2.90 bits per heavy atom. The molecule has 1 aliphatic heterocycles. The largest absolute Gasteiger partial charge is 0.270 e. The third-order valence-electron chi connectivity index (χ3n) is 3.34. The predicted octanol–water partition coefficient (Wildman–Crippen LogP) is 0.248. The van der Waals surface area contributed by atoms with E-state index < -0.39 is 12.1 Å². The van der Waals surface area contributed by atoms with Gasteiger partial charge in [-0.3, -0.25) is 10.1 Å². The quantitative estimate of drug-likeness (QED) is 0.455. The molecule has 0 bridgehead atoms. The number of hydrogen-bond acceptors (Lipinski definition) is 5. The molecule has 20 heavy (non-hydrogen) atoms. The van der Waals surface area contributed by atoms with Crippen LogP contribution in [0, 0.1) is 10.1 Å². The van der Waals surface area contributed by atoms with Crippen LogP contribution in [0.3, 0.4) is 0 Å². The highest BCUT2D eigenvalue weighted by molar-refractivity contribution is 5.68. The number of rotatable bonds is 3. The van der Waals surface area contributed by atoms with Gasteiger partial charge >= 0.3 is 0 Å². The van der Waals surface area contributed by atoms with Crippen molar-refractivity contribution >= 4 is 12.2 Å². The normalized spacial score (nSPS) is 20.6. The summed E-state index contributed by atoms with van der Waals surface area (Å²) in [6.07, 6.45) is 7.05. The van der Waals surface area contributed by atoms with Gasteiger partial charge in [0.25, 0.3) is 6.04 Å². The molecule has 0 aliphatic carbocycles. The molecule has 3 rings (SSSR count). The third kappa shape index (κ3) is 2.15. The van der Waals surface area contributed by atoms with Gasteiger partial charge in [0.1, 0.15) is 19.4 Å². The van der Waals surface area contributed by atoms with Gasteiger partial charge in [-0.05, 0) is 5.56 Å². The smallest absolute Gasteiger partial charge is 0.264 e. The standard InChI is InChI=1S/C12H13N6O2/c1-16-4-2-9(3-5-16)6-10-11(18(19)20)7-13-12-14-8-15-17(10)12/h2-5,7-8,10-11H,6H2,1H3/q+1/t10-,11-/m0/s1. The van der Waals surface area contributed by atoms with E-state index in [1.807, 2.05) is 36.1 Å². The van der Waals surface area contributed by atoms with Crippen molar-refractivity contribution < 1.29 is 9.49 Å². The van der Waals surface area contributed by atoms with E-state index in [1.54, 1.807) is 0 Å². The van der Waals surface area contributed by atoms with Crippen LogP contribution in [0.5, 0.6) is 0 Å². The summed E-state index contributed by atoms with van der Waals surface area (Å²) in [6.45, 7) is 0. The fraction of sp³-hybridized carbons (Fsp3) is 0.333. The zero-order valence-electron chi connectivity index (χ0n) is 10.8. The molecule has 0 radical (unpaired) electrons. The lowest BCUT2D eigenvalue weighted by atomic mass is 10.0. The number of hydrogen-bond donors (Lipinski definition) is 0. The molecule has 0 unspecified atom stereocenters. The lowest BCUT2D eigenvalue weighted by Gasteiger charge is -2.21. The highest BCUT2D eigenvalue weighted by atomic mass is 16.6. The summed E-state index contributed by atoms with van der Waals surface area (Å²) in [5.41, 5.74) is 1.01. The second-order valence-electron chi connectivity index (χ2n) is 4.70. The Balaban J connectivity index is 1.94. The van der Waals surface area contributed by atoms with Crippen molar-refractivity contribution in [2.45, 2.75) is 18.5 Å². The van der Waals surface area contributed by atoms with Crippen molar-refractivity contribution in [1.29, 1.82) is 0 Å². The molecular weight excluding hydrogens is 260 g/mol. The van der Waals surface area contributed by atoms with E-state index in [4.69, 9.17) is 0 Å². The van der Waals surface area contributed by atoms with Crippen LogP contribution in [0.4, 0.5) is 5.95 Å². The fourth-order valence-corrected chi connectivity index (χ4v) is 2.27. The zero-order chi connectivity index (χ0) is 14.1. The second-order valence-corrected chi connectivity index (χ2v) is 4.70. The molecule has 3 heterocycles. The number of aromatic nitrogens is 4. The average Bonchev–Trinajstić information content (AvgIpc) is 2.90. The lowest BCUT2D eigenvalue weighted by molar-refractivity contribution is -0.671. The molecule has 0 saturated heterocycles. The molecule has 0 amide bonds. The van der Waals surface area contributed by atoms with E-state index >= 15 is 0 Å². The van der Waals surface area contributed by atoms with Crippen molar-refractivity contribution in [3.05, 3.63) is 46.5 Å². The molecule has 0 aromatic carbocycles. The predicted molar refractivity (Wildman–Crippen MR) is 69.3 cm³/mol.